The van der Waals surface area contributed by atoms with E-state index in [0.29, 0.717) is 5.41 Å². The molecule has 0 radical (unpaired) electrons. The first-order valence-electron chi connectivity index (χ1n) is 5.69. The van der Waals surface area contributed by atoms with Crippen LogP contribution in [-0.4, -0.2) is 31.2 Å². The van der Waals surface area contributed by atoms with Crippen molar-refractivity contribution in [2.45, 2.75) is 33.1 Å². The van der Waals surface area contributed by atoms with Crippen molar-refractivity contribution in [3.63, 3.8) is 0 Å². The molecule has 0 saturated carbocycles. The molecule has 1 aliphatic carbocycles. The van der Waals surface area contributed by atoms with Crippen LogP contribution in [0.25, 0.3) is 0 Å². The van der Waals surface area contributed by atoms with Gasteiger partial charge in [-0.3, -0.25) is 0 Å². The molecule has 0 bridgehead atoms. The second kappa shape index (κ2) is 3.93. The van der Waals surface area contributed by atoms with E-state index < -0.39 is 0 Å². The van der Waals surface area contributed by atoms with Gasteiger partial charge in [-0.2, -0.15) is 0 Å². The molecule has 2 nitrogen and oxygen atoms in total. The van der Waals surface area contributed by atoms with E-state index in [0.717, 1.165) is 26.3 Å². The average molecular weight is 195 g/mol. The lowest BCUT2D eigenvalue weighted by molar-refractivity contribution is 0.0477. The zero-order chi connectivity index (χ0) is 10.0. The summed E-state index contributed by atoms with van der Waals surface area (Å²) in [6.45, 7) is 8.72. The molecule has 1 fully saturated rings. The van der Waals surface area contributed by atoms with Crippen LogP contribution in [0.5, 0.6) is 0 Å². The third-order valence-corrected chi connectivity index (χ3v) is 3.28. The lowest BCUT2D eigenvalue weighted by atomic mass is 9.79. The predicted molar refractivity (Wildman–Crippen MR) is 58.1 cm³/mol. The molecule has 1 aliphatic heterocycles. The van der Waals surface area contributed by atoms with E-state index in [4.69, 9.17) is 4.74 Å². The Kier molecular flexibility index (Phi) is 2.82. The van der Waals surface area contributed by atoms with Gasteiger partial charge >= 0.3 is 0 Å². The van der Waals surface area contributed by atoms with Crippen LogP contribution in [0.2, 0.25) is 0 Å². The number of morpholine rings is 1. The Labute approximate surface area is 86.9 Å². The molecule has 0 aromatic rings. The van der Waals surface area contributed by atoms with E-state index in [1.807, 2.05) is 0 Å². The van der Waals surface area contributed by atoms with E-state index in [2.05, 4.69) is 24.8 Å². The second-order valence-corrected chi connectivity index (χ2v) is 5.17. The average Bonchev–Trinajstić information content (AvgIpc) is 2.18. The van der Waals surface area contributed by atoms with Crippen LogP contribution in [0, 0.1) is 5.41 Å². The molecular weight excluding hydrogens is 174 g/mol. The highest BCUT2D eigenvalue weighted by Gasteiger charge is 2.26. The quantitative estimate of drug-likeness (QED) is 0.637. The fraction of sp³-hybridized carbons (Fsp3) is 0.833. The van der Waals surface area contributed by atoms with Crippen LogP contribution < -0.4 is 0 Å². The number of nitrogens with zero attached hydrogens (tertiary/aromatic N) is 1. The number of ether oxygens (including phenoxy) is 1. The fourth-order valence-corrected chi connectivity index (χ4v) is 2.37. The maximum absolute atomic E-state index is 5.37. The topological polar surface area (TPSA) is 12.5 Å². The summed E-state index contributed by atoms with van der Waals surface area (Å²) in [6, 6.07) is 0. The summed E-state index contributed by atoms with van der Waals surface area (Å²) >= 11 is 0. The van der Waals surface area contributed by atoms with Crippen LogP contribution in [-0.2, 0) is 4.74 Å². The lowest BCUT2D eigenvalue weighted by Gasteiger charge is -2.38. The van der Waals surface area contributed by atoms with Crippen molar-refractivity contribution in [1.29, 1.82) is 0 Å². The van der Waals surface area contributed by atoms with Gasteiger partial charge in [-0.05, 0) is 24.7 Å². The summed E-state index contributed by atoms with van der Waals surface area (Å²) in [7, 11) is 0. The second-order valence-electron chi connectivity index (χ2n) is 5.17. The minimum absolute atomic E-state index is 0.502. The van der Waals surface area contributed by atoms with E-state index in [9.17, 15) is 0 Å². The Morgan fingerprint density at radius 2 is 2.00 bits per heavy atom. The van der Waals surface area contributed by atoms with Crippen molar-refractivity contribution >= 4 is 0 Å². The molecule has 1 heterocycles. The smallest absolute Gasteiger partial charge is 0.0642 e. The number of hydrogen-bond donors (Lipinski definition) is 0. The summed E-state index contributed by atoms with van der Waals surface area (Å²) in [6.07, 6.45) is 6.25. The molecule has 0 amide bonds. The normalized spacial score (nSPS) is 27.3. The molecular formula is C12H21NO. The maximum atomic E-state index is 5.37. The van der Waals surface area contributed by atoms with Gasteiger partial charge < -0.3 is 9.64 Å². The highest BCUT2D eigenvalue weighted by atomic mass is 16.5. The Morgan fingerprint density at radius 1 is 1.29 bits per heavy atom. The number of rotatable bonds is 1. The molecule has 14 heavy (non-hydrogen) atoms. The molecule has 2 aliphatic rings. The summed E-state index contributed by atoms with van der Waals surface area (Å²) in [4.78, 5) is 2.50. The van der Waals surface area contributed by atoms with Gasteiger partial charge in [0.25, 0.3) is 0 Å². The van der Waals surface area contributed by atoms with Crippen molar-refractivity contribution in [2.75, 3.05) is 26.3 Å². The third kappa shape index (κ3) is 2.30. The fourth-order valence-electron chi connectivity index (χ4n) is 2.37. The molecule has 80 valence electrons. The standard InChI is InChI=1S/C12H21NO/c1-12(2)5-3-4-11(10-12)13-6-8-14-9-7-13/h4H,3,5-10H2,1-2H3. The first kappa shape index (κ1) is 10.0. The van der Waals surface area contributed by atoms with Crippen molar-refractivity contribution in [2.24, 2.45) is 5.41 Å². The first-order chi connectivity index (χ1) is 6.67. The minimum Gasteiger partial charge on any atom is -0.378 e. The third-order valence-electron chi connectivity index (χ3n) is 3.28. The molecule has 0 atom stereocenters. The highest BCUT2D eigenvalue weighted by Crippen LogP contribution is 2.36. The molecule has 0 aromatic carbocycles. The van der Waals surface area contributed by atoms with E-state index in [-0.39, 0.29) is 0 Å². The predicted octanol–water partition coefficient (Wildman–Crippen LogP) is 2.41. The van der Waals surface area contributed by atoms with Crippen molar-refractivity contribution in [3.8, 4) is 0 Å². The Balaban J connectivity index is 1.99. The van der Waals surface area contributed by atoms with Crippen LogP contribution in [0.1, 0.15) is 33.1 Å². The zero-order valence-electron chi connectivity index (χ0n) is 9.38. The molecule has 1 saturated heterocycles. The van der Waals surface area contributed by atoms with Gasteiger partial charge in [-0.15, -0.1) is 0 Å². The first-order valence-corrected chi connectivity index (χ1v) is 5.69. The SMILES string of the molecule is CC1(C)CCC=C(N2CCOCC2)C1. The molecule has 0 N–H and O–H groups in total. The summed E-state index contributed by atoms with van der Waals surface area (Å²) in [5.41, 5.74) is 2.06. The number of allylic oxidation sites excluding steroid dienone is 2. The molecule has 0 unspecified atom stereocenters. The van der Waals surface area contributed by atoms with Gasteiger partial charge in [0.05, 0.1) is 13.2 Å². The summed E-state index contributed by atoms with van der Waals surface area (Å²) < 4.78 is 5.37. The van der Waals surface area contributed by atoms with Crippen molar-refractivity contribution in [1.82, 2.24) is 4.90 Å². The maximum Gasteiger partial charge on any atom is 0.0642 e. The van der Waals surface area contributed by atoms with Crippen LogP contribution >= 0.6 is 0 Å². The van der Waals surface area contributed by atoms with Crippen LogP contribution in [0.3, 0.4) is 0 Å². The van der Waals surface area contributed by atoms with Crippen LogP contribution in [0.4, 0.5) is 0 Å². The lowest BCUT2D eigenvalue weighted by Crippen LogP contribution is -2.37. The van der Waals surface area contributed by atoms with Gasteiger partial charge in [0.1, 0.15) is 0 Å². The van der Waals surface area contributed by atoms with Gasteiger partial charge in [-0.25, -0.2) is 0 Å². The van der Waals surface area contributed by atoms with Crippen molar-refractivity contribution < 1.29 is 4.74 Å². The van der Waals surface area contributed by atoms with Gasteiger partial charge in [-0.1, -0.05) is 19.9 Å². The van der Waals surface area contributed by atoms with E-state index in [1.54, 1.807) is 5.70 Å². The molecule has 0 aromatic heterocycles. The minimum atomic E-state index is 0.502. The summed E-state index contributed by atoms with van der Waals surface area (Å²) in [5.74, 6) is 0. The monoisotopic (exact) mass is 195 g/mol. The largest absolute Gasteiger partial charge is 0.378 e. The van der Waals surface area contributed by atoms with E-state index in [1.165, 1.54) is 19.3 Å². The van der Waals surface area contributed by atoms with Gasteiger partial charge in [0.15, 0.2) is 0 Å². The Hall–Kier alpha value is -0.500. The Bertz CT molecular complexity index is 226. The zero-order valence-corrected chi connectivity index (χ0v) is 9.38. The van der Waals surface area contributed by atoms with Gasteiger partial charge in [0, 0.05) is 18.8 Å². The van der Waals surface area contributed by atoms with E-state index >= 15 is 0 Å². The molecule has 2 rings (SSSR count). The summed E-state index contributed by atoms with van der Waals surface area (Å²) in [5, 5.41) is 0. The van der Waals surface area contributed by atoms with Crippen molar-refractivity contribution in [3.05, 3.63) is 11.8 Å². The number of hydrogen-bond acceptors (Lipinski definition) is 2. The molecule has 0 spiro atoms. The Morgan fingerprint density at radius 3 is 2.64 bits per heavy atom. The van der Waals surface area contributed by atoms with Crippen LogP contribution in [0.15, 0.2) is 11.8 Å². The molecule has 2 heteroatoms. The highest BCUT2D eigenvalue weighted by molar-refractivity contribution is 5.09. The van der Waals surface area contributed by atoms with Gasteiger partial charge in [0.2, 0.25) is 0 Å².